The van der Waals surface area contributed by atoms with Gasteiger partial charge >= 0.3 is 0 Å². The standard InChI is InChI=1S/C21H24N2O2S2/c1-4-26-20-22-18-17(15-12-21(2,3)25-13-16(15)27-18)19(24)23(20)11-10-14-8-6-5-7-9-14/h5-9H,4,10-13H2,1-3H3. The molecule has 0 saturated heterocycles. The number of benzene rings is 1. The number of nitrogens with zero attached hydrogens (tertiary/aromatic N) is 2. The maximum absolute atomic E-state index is 13.5. The molecule has 3 aromatic rings. The Bertz CT molecular complexity index is 1020. The molecule has 0 radical (unpaired) electrons. The minimum atomic E-state index is -0.237. The highest BCUT2D eigenvalue weighted by Gasteiger charge is 2.31. The van der Waals surface area contributed by atoms with Crippen molar-refractivity contribution < 1.29 is 4.74 Å². The highest BCUT2D eigenvalue weighted by Crippen LogP contribution is 2.37. The van der Waals surface area contributed by atoms with E-state index in [-0.39, 0.29) is 11.2 Å². The molecule has 4 rings (SSSR count). The van der Waals surface area contributed by atoms with Gasteiger partial charge in [0.1, 0.15) is 4.83 Å². The fourth-order valence-electron chi connectivity index (χ4n) is 3.53. The molecule has 0 unspecified atom stereocenters. The van der Waals surface area contributed by atoms with Crippen LogP contribution < -0.4 is 5.56 Å². The lowest BCUT2D eigenvalue weighted by atomic mass is 9.94. The van der Waals surface area contributed by atoms with E-state index in [1.807, 2.05) is 22.8 Å². The molecule has 0 amide bonds. The summed E-state index contributed by atoms with van der Waals surface area (Å²) in [7, 11) is 0. The van der Waals surface area contributed by atoms with Crippen molar-refractivity contribution in [3.8, 4) is 0 Å². The summed E-state index contributed by atoms with van der Waals surface area (Å²) in [4.78, 5) is 20.4. The van der Waals surface area contributed by atoms with Crippen LogP contribution in [-0.2, 0) is 30.7 Å². The molecule has 0 aliphatic carbocycles. The number of thioether (sulfide) groups is 1. The van der Waals surface area contributed by atoms with Gasteiger partial charge in [-0.15, -0.1) is 11.3 Å². The van der Waals surface area contributed by atoms with Gasteiger partial charge in [0.05, 0.1) is 17.6 Å². The first-order valence-corrected chi connectivity index (χ1v) is 11.1. The molecule has 4 nitrogen and oxygen atoms in total. The van der Waals surface area contributed by atoms with E-state index in [1.165, 1.54) is 5.56 Å². The Balaban J connectivity index is 1.80. The zero-order valence-corrected chi connectivity index (χ0v) is 17.6. The molecule has 3 heterocycles. The second-order valence-corrected chi connectivity index (χ2v) is 9.74. The third-order valence-corrected chi connectivity index (χ3v) is 6.85. The summed E-state index contributed by atoms with van der Waals surface area (Å²) in [6, 6.07) is 10.3. The van der Waals surface area contributed by atoms with Gasteiger partial charge in [-0.05, 0) is 37.1 Å². The second-order valence-electron chi connectivity index (χ2n) is 7.43. The van der Waals surface area contributed by atoms with Crippen molar-refractivity contribution in [3.63, 3.8) is 0 Å². The van der Waals surface area contributed by atoms with Gasteiger partial charge in [-0.3, -0.25) is 9.36 Å². The van der Waals surface area contributed by atoms with E-state index in [0.717, 1.165) is 44.4 Å². The van der Waals surface area contributed by atoms with Crippen LogP contribution in [0.25, 0.3) is 10.2 Å². The fourth-order valence-corrected chi connectivity index (χ4v) is 5.42. The maximum atomic E-state index is 13.5. The molecule has 0 saturated carbocycles. The lowest BCUT2D eigenvalue weighted by Gasteiger charge is -2.29. The van der Waals surface area contributed by atoms with Gasteiger partial charge in [0.2, 0.25) is 0 Å². The highest BCUT2D eigenvalue weighted by molar-refractivity contribution is 7.99. The van der Waals surface area contributed by atoms with Gasteiger partial charge < -0.3 is 4.74 Å². The third-order valence-electron chi connectivity index (χ3n) is 4.90. The van der Waals surface area contributed by atoms with Gasteiger partial charge in [0.25, 0.3) is 5.56 Å². The lowest BCUT2D eigenvalue weighted by Crippen LogP contribution is -2.32. The van der Waals surface area contributed by atoms with E-state index in [1.54, 1.807) is 23.1 Å². The molecule has 0 fully saturated rings. The minimum absolute atomic E-state index is 0.0991. The van der Waals surface area contributed by atoms with Crippen molar-refractivity contribution in [1.29, 1.82) is 0 Å². The average molecular weight is 401 g/mol. The number of hydrogen-bond donors (Lipinski definition) is 0. The number of thiophene rings is 1. The van der Waals surface area contributed by atoms with Crippen LogP contribution in [0.1, 0.15) is 36.8 Å². The molecule has 6 heteroatoms. The number of fused-ring (bicyclic) bond motifs is 3. The predicted octanol–water partition coefficient (Wildman–Crippen LogP) is 4.66. The van der Waals surface area contributed by atoms with Gasteiger partial charge in [-0.25, -0.2) is 4.98 Å². The average Bonchev–Trinajstić information content (AvgIpc) is 2.99. The van der Waals surface area contributed by atoms with Crippen LogP contribution in [0, 0.1) is 0 Å². The van der Waals surface area contributed by atoms with E-state index < -0.39 is 0 Å². The quantitative estimate of drug-likeness (QED) is 0.461. The van der Waals surface area contributed by atoms with Crippen molar-refractivity contribution in [1.82, 2.24) is 9.55 Å². The van der Waals surface area contributed by atoms with Gasteiger partial charge in [0.15, 0.2) is 5.16 Å². The van der Waals surface area contributed by atoms with E-state index in [0.29, 0.717) is 13.2 Å². The van der Waals surface area contributed by atoms with Crippen LogP contribution in [0.2, 0.25) is 0 Å². The summed E-state index contributed by atoms with van der Waals surface area (Å²) in [6.07, 6.45) is 1.59. The summed E-state index contributed by atoms with van der Waals surface area (Å²) in [5.74, 6) is 0.893. The largest absolute Gasteiger partial charge is 0.370 e. The molecular weight excluding hydrogens is 376 g/mol. The van der Waals surface area contributed by atoms with Crippen LogP contribution in [0.15, 0.2) is 40.3 Å². The molecule has 0 spiro atoms. The van der Waals surface area contributed by atoms with E-state index >= 15 is 0 Å². The number of hydrogen-bond acceptors (Lipinski definition) is 5. The first kappa shape index (κ1) is 18.7. The molecule has 27 heavy (non-hydrogen) atoms. The zero-order chi connectivity index (χ0) is 19.0. The molecule has 0 N–H and O–H groups in total. The van der Waals surface area contributed by atoms with Gasteiger partial charge in [0, 0.05) is 17.8 Å². The van der Waals surface area contributed by atoms with Crippen molar-refractivity contribution in [3.05, 3.63) is 56.7 Å². The fraction of sp³-hybridized carbons (Fsp3) is 0.429. The molecule has 1 aliphatic rings. The summed E-state index contributed by atoms with van der Waals surface area (Å²) in [5.41, 5.74) is 2.24. The Morgan fingerprint density at radius 2 is 2.07 bits per heavy atom. The first-order chi connectivity index (χ1) is 13.0. The molecule has 142 valence electrons. The topological polar surface area (TPSA) is 44.1 Å². The van der Waals surface area contributed by atoms with E-state index in [9.17, 15) is 4.79 Å². The van der Waals surface area contributed by atoms with Crippen molar-refractivity contribution in [2.24, 2.45) is 0 Å². The number of aryl methyl sites for hydroxylation is 1. The van der Waals surface area contributed by atoms with Gasteiger partial charge in [-0.1, -0.05) is 49.0 Å². The van der Waals surface area contributed by atoms with Crippen molar-refractivity contribution in [2.75, 3.05) is 5.75 Å². The Morgan fingerprint density at radius 3 is 2.81 bits per heavy atom. The number of ether oxygens (including phenoxy) is 1. The summed E-state index contributed by atoms with van der Waals surface area (Å²) in [5, 5.41) is 1.63. The van der Waals surface area contributed by atoms with Crippen LogP contribution in [-0.4, -0.2) is 20.9 Å². The first-order valence-electron chi connectivity index (χ1n) is 9.34. The van der Waals surface area contributed by atoms with Crippen LogP contribution in [0.4, 0.5) is 0 Å². The van der Waals surface area contributed by atoms with E-state index in [4.69, 9.17) is 9.72 Å². The van der Waals surface area contributed by atoms with Crippen molar-refractivity contribution in [2.45, 2.75) is 57.5 Å². The van der Waals surface area contributed by atoms with Crippen LogP contribution in [0.5, 0.6) is 0 Å². The maximum Gasteiger partial charge on any atom is 0.263 e. The Labute approximate surface area is 167 Å². The normalized spacial score (nSPS) is 15.8. The molecule has 1 aromatic carbocycles. The molecular formula is C21H24N2O2S2. The monoisotopic (exact) mass is 400 g/mol. The van der Waals surface area contributed by atoms with Crippen LogP contribution >= 0.6 is 23.1 Å². The number of aromatic nitrogens is 2. The summed E-state index contributed by atoms with van der Waals surface area (Å²) < 4.78 is 7.82. The molecule has 1 aliphatic heterocycles. The minimum Gasteiger partial charge on any atom is -0.370 e. The van der Waals surface area contributed by atoms with Crippen molar-refractivity contribution >= 4 is 33.3 Å². The third kappa shape index (κ3) is 3.71. The van der Waals surface area contributed by atoms with E-state index in [2.05, 4.69) is 32.9 Å². The molecule has 0 atom stereocenters. The predicted molar refractivity (Wildman–Crippen MR) is 113 cm³/mol. The zero-order valence-electron chi connectivity index (χ0n) is 15.9. The molecule has 2 aromatic heterocycles. The summed E-state index contributed by atoms with van der Waals surface area (Å²) in [6.45, 7) is 7.49. The lowest BCUT2D eigenvalue weighted by molar-refractivity contribution is -0.0379. The second kappa shape index (κ2) is 7.41. The molecule has 0 bridgehead atoms. The Hall–Kier alpha value is -1.63. The Morgan fingerprint density at radius 1 is 1.30 bits per heavy atom. The Kier molecular flexibility index (Phi) is 5.14. The highest BCUT2D eigenvalue weighted by atomic mass is 32.2. The van der Waals surface area contributed by atoms with Crippen LogP contribution in [0.3, 0.4) is 0 Å². The summed E-state index contributed by atoms with van der Waals surface area (Å²) >= 11 is 3.25. The van der Waals surface area contributed by atoms with Gasteiger partial charge in [-0.2, -0.15) is 0 Å². The smallest absolute Gasteiger partial charge is 0.263 e. The SMILES string of the molecule is CCSc1nc2sc3c(c2c(=O)n1CCc1ccccc1)CC(C)(C)OC3. The number of rotatable bonds is 5.